The molecule has 0 radical (unpaired) electrons. The molecule has 7 heteroatoms. The highest BCUT2D eigenvalue weighted by molar-refractivity contribution is 5.83. The van der Waals surface area contributed by atoms with E-state index >= 15 is 0 Å². The number of nitrogens with one attached hydrogen (secondary N) is 1. The van der Waals surface area contributed by atoms with Crippen LogP contribution < -0.4 is 5.32 Å². The molecule has 162 valence electrons. The van der Waals surface area contributed by atoms with Crippen LogP contribution in [0.4, 0.5) is 5.82 Å². The van der Waals surface area contributed by atoms with E-state index in [0.717, 1.165) is 62.9 Å². The zero-order valence-corrected chi connectivity index (χ0v) is 18.6. The van der Waals surface area contributed by atoms with Crippen molar-refractivity contribution in [3.8, 4) is 0 Å². The number of likely N-dealkylation sites (tertiary alicyclic amines) is 1. The van der Waals surface area contributed by atoms with Gasteiger partial charge in [-0.15, -0.1) is 0 Å². The number of para-hydroxylation sites is 1. The second-order valence-corrected chi connectivity index (χ2v) is 8.80. The Labute approximate surface area is 183 Å². The van der Waals surface area contributed by atoms with Gasteiger partial charge < -0.3 is 14.8 Å². The first kappa shape index (κ1) is 20.0. The monoisotopic (exact) mass is 418 g/mol. The lowest BCUT2D eigenvalue weighted by Gasteiger charge is -2.29. The number of anilines is 1. The van der Waals surface area contributed by atoms with Gasteiger partial charge in [0, 0.05) is 82.3 Å². The minimum atomic E-state index is 0.135. The molecule has 1 amide bonds. The summed E-state index contributed by atoms with van der Waals surface area (Å²) in [6.07, 6.45) is 4.13. The predicted octanol–water partition coefficient (Wildman–Crippen LogP) is 2.90. The number of aryl methyl sites for hydroxylation is 1. The molecule has 7 nitrogen and oxygen atoms in total. The number of nitrogens with zero attached hydrogens (tertiary/aromatic N) is 5. The molecule has 5 rings (SSSR count). The predicted molar refractivity (Wildman–Crippen MR) is 122 cm³/mol. The minimum absolute atomic E-state index is 0.135. The average Bonchev–Trinajstić information content (AvgIpc) is 3.39. The van der Waals surface area contributed by atoms with E-state index in [9.17, 15) is 4.79 Å². The fourth-order valence-corrected chi connectivity index (χ4v) is 5.08. The molecule has 2 aliphatic rings. The van der Waals surface area contributed by atoms with Crippen LogP contribution in [0.5, 0.6) is 0 Å². The van der Waals surface area contributed by atoms with Crippen molar-refractivity contribution in [3.63, 3.8) is 0 Å². The Morgan fingerprint density at radius 2 is 2.06 bits per heavy atom. The van der Waals surface area contributed by atoms with E-state index in [1.165, 1.54) is 22.0 Å². The number of rotatable bonds is 4. The molecule has 0 spiro atoms. The summed E-state index contributed by atoms with van der Waals surface area (Å²) in [5.41, 5.74) is 5.00. The fraction of sp³-hybridized carbons (Fsp3) is 0.458. The molecule has 1 saturated heterocycles. The largest absolute Gasteiger partial charge is 0.373 e. The second-order valence-electron chi connectivity index (χ2n) is 8.80. The molecule has 31 heavy (non-hydrogen) atoms. The van der Waals surface area contributed by atoms with Crippen molar-refractivity contribution in [1.29, 1.82) is 0 Å². The van der Waals surface area contributed by atoms with Crippen LogP contribution >= 0.6 is 0 Å². The molecule has 1 aromatic carbocycles. The highest BCUT2D eigenvalue weighted by atomic mass is 16.2. The van der Waals surface area contributed by atoms with Crippen LogP contribution in [-0.4, -0.2) is 56.9 Å². The maximum atomic E-state index is 11.8. The highest BCUT2D eigenvalue weighted by Gasteiger charge is 2.30. The van der Waals surface area contributed by atoms with Gasteiger partial charge in [0.15, 0.2) is 0 Å². The molecule has 0 bridgehead atoms. The molecule has 1 atom stereocenters. The number of benzene rings is 1. The third kappa shape index (κ3) is 3.67. The third-order valence-electron chi connectivity index (χ3n) is 6.77. The van der Waals surface area contributed by atoms with Crippen LogP contribution in [0.15, 0.2) is 30.5 Å². The lowest BCUT2D eigenvalue weighted by Crippen LogP contribution is -2.32. The summed E-state index contributed by atoms with van der Waals surface area (Å²) in [5.74, 6) is 2.18. The SMILES string of the molecule is CNc1nc(C2CCN(C(C)=O)C2)nc2c1CCN(Cc1cn(C)c3ccccc13)C2. The molecule has 2 aliphatic heterocycles. The molecule has 1 fully saturated rings. The maximum absolute atomic E-state index is 11.8. The normalized spacial score (nSPS) is 19.1. The Morgan fingerprint density at radius 3 is 2.84 bits per heavy atom. The van der Waals surface area contributed by atoms with Crippen molar-refractivity contribution in [3.05, 3.63) is 53.1 Å². The highest BCUT2D eigenvalue weighted by Crippen LogP contribution is 2.31. The van der Waals surface area contributed by atoms with Crippen molar-refractivity contribution in [2.45, 2.75) is 38.8 Å². The molecular weight excluding hydrogens is 388 g/mol. The molecule has 2 aromatic heterocycles. The number of fused-ring (bicyclic) bond motifs is 2. The summed E-state index contributed by atoms with van der Waals surface area (Å²) in [7, 11) is 4.05. The van der Waals surface area contributed by atoms with E-state index in [1.54, 1.807) is 6.92 Å². The first-order chi connectivity index (χ1) is 15.0. The zero-order chi connectivity index (χ0) is 21.5. The molecule has 4 heterocycles. The van der Waals surface area contributed by atoms with Crippen LogP contribution in [0.25, 0.3) is 10.9 Å². The standard InChI is InChI=1S/C24H30N6O/c1-16(31)30-11-8-17(14-30)23-26-21-15-29(10-9-20(21)24(25-2)27-23)13-18-12-28(3)22-7-5-4-6-19(18)22/h4-7,12,17H,8-11,13-15H2,1-3H3,(H,25,26,27). The van der Waals surface area contributed by atoms with Crippen molar-refractivity contribution in [2.24, 2.45) is 7.05 Å². The van der Waals surface area contributed by atoms with Crippen molar-refractivity contribution >= 4 is 22.6 Å². The molecule has 3 aromatic rings. The number of hydrogen-bond acceptors (Lipinski definition) is 5. The number of carbonyl (C=O) groups excluding carboxylic acids is 1. The third-order valence-corrected chi connectivity index (χ3v) is 6.77. The Hall–Kier alpha value is -2.93. The van der Waals surface area contributed by atoms with E-state index in [-0.39, 0.29) is 11.8 Å². The van der Waals surface area contributed by atoms with Crippen LogP contribution in [0.3, 0.4) is 0 Å². The van der Waals surface area contributed by atoms with Gasteiger partial charge in [-0.05, 0) is 24.5 Å². The minimum Gasteiger partial charge on any atom is -0.373 e. The zero-order valence-electron chi connectivity index (χ0n) is 18.6. The van der Waals surface area contributed by atoms with Crippen molar-refractivity contribution < 1.29 is 4.79 Å². The van der Waals surface area contributed by atoms with Crippen LogP contribution in [0.1, 0.15) is 41.9 Å². The smallest absolute Gasteiger partial charge is 0.219 e. The second kappa shape index (κ2) is 7.96. The molecule has 1 N–H and O–H groups in total. The van der Waals surface area contributed by atoms with E-state index < -0.39 is 0 Å². The van der Waals surface area contributed by atoms with Gasteiger partial charge >= 0.3 is 0 Å². The number of amides is 1. The van der Waals surface area contributed by atoms with Gasteiger partial charge in [0.1, 0.15) is 11.6 Å². The lowest BCUT2D eigenvalue weighted by atomic mass is 10.0. The topological polar surface area (TPSA) is 66.3 Å². The first-order valence-electron chi connectivity index (χ1n) is 11.1. The van der Waals surface area contributed by atoms with Gasteiger partial charge in [0.25, 0.3) is 0 Å². The van der Waals surface area contributed by atoms with Crippen molar-refractivity contribution in [2.75, 3.05) is 32.0 Å². The quantitative estimate of drug-likeness (QED) is 0.706. The van der Waals surface area contributed by atoms with Gasteiger partial charge in [-0.25, -0.2) is 9.97 Å². The Kier molecular flexibility index (Phi) is 5.14. The lowest BCUT2D eigenvalue weighted by molar-refractivity contribution is -0.127. The van der Waals surface area contributed by atoms with Gasteiger partial charge in [-0.1, -0.05) is 18.2 Å². The Bertz CT molecular complexity index is 1140. The fourth-order valence-electron chi connectivity index (χ4n) is 5.08. The summed E-state index contributed by atoms with van der Waals surface area (Å²) in [5, 5.41) is 4.62. The first-order valence-corrected chi connectivity index (χ1v) is 11.1. The molecule has 0 aliphatic carbocycles. The van der Waals surface area contributed by atoms with Crippen LogP contribution in [0, 0.1) is 0 Å². The van der Waals surface area contributed by atoms with Crippen LogP contribution in [0.2, 0.25) is 0 Å². The van der Waals surface area contributed by atoms with Gasteiger partial charge in [0.2, 0.25) is 5.91 Å². The summed E-state index contributed by atoms with van der Waals surface area (Å²) >= 11 is 0. The van der Waals surface area contributed by atoms with Crippen molar-refractivity contribution in [1.82, 2.24) is 24.3 Å². The Balaban J connectivity index is 1.40. The average molecular weight is 419 g/mol. The number of aromatic nitrogens is 3. The van der Waals surface area contributed by atoms with E-state index in [0.29, 0.717) is 0 Å². The van der Waals surface area contributed by atoms with Crippen LogP contribution in [-0.2, 0) is 31.4 Å². The summed E-state index contributed by atoms with van der Waals surface area (Å²) in [6, 6.07) is 8.59. The molecular formula is C24H30N6O. The maximum Gasteiger partial charge on any atom is 0.219 e. The van der Waals surface area contributed by atoms with E-state index in [4.69, 9.17) is 9.97 Å². The number of carbonyl (C=O) groups is 1. The van der Waals surface area contributed by atoms with Gasteiger partial charge in [0.05, 0.1) is 5.69 Å². The van der Waals surface area contributed by atoms with E-state index in [2.05, 4.69) is 52.3 Å². The molecule has 1 unspecified atom stereocenters. The Morgan fingerprint density at radius 1 is 1.23 bits per heavy atom. The van der Waals surface area contributed by atoms with E-state index in [1.807, 2.05) is 11.9 Å². The summed E-state index contributed by atoms with van der Waals surface area (Å²) in [4.78, 5) is 26.0. The summed E-state index contributed by atoms with van der Waals surface area (Å²) < 4.78 is 2.21. The number of hydrogen-bond donors (Lipinski definition) is 1. The molecule has 0 saturated carbocycles. The van der Waals surface area contributed by atoms with Gasteiger partial charge in [-0.3, -0.25) is 9.69 Å². The van der Waals surface area contributed by atoms with Gasteiger partial charge in [-0.2, -0.15) is 0 Å². The summed E-state index contributed by atoms with van der Waals surface area (Å²) in [6.45, 7) is 5.89.